The van der Waals surface area contributed by atoms with Crippen LogP contribution >= 0.6 is 11.3 Å². The Kier molecular flexibility index (Phi) is 3.67. The lowest BCUT2D eigenvalue weighted by atomic mass is 10.1. The number of phenolic OH excluding ortho intramolecular Hbond substituents is 1. The topological polar surface area (TPSA) is 49.3 Å². The highest BCUT2D eigenvalue weighted by Gasteiger charge is 2.07. The summed E-state index contributed by atoms with van der Waals surface area (Å²) in [4.78, 5) is 14.2. The van der Waals surface area contributed by atoms with E-state index in [0.29, 0.717) is 12.1 Å². The molecular weight excluding hydrogens is 246 g/mol. The largest absolute Gasteiger partial charge is 0.508 e. The first-order chi connectivity index (χ1) is 8.56. The average molecular weight is 261 g/mol. The van der Waals surface area contributed by atoms with E-state index in [1.165, 1.54) is 10.9 Å². The van der Waals surface area contributed by atoms with Crippen molar-refractivity contribution < 1.29 is 9.90 Å². The van der Waals surface area contributed by atoms with Gasteiger partial charge in [0, 0.05) is 15.3 Å². The minimum absolute atomic E-state index is 0.148. The van der Waals surface area contributed by atoms with Crippen LogP contribution in [0.1, 0.15) is 25.7 Å². The molecule has 94 valence electrons. The van der Waals surface area contributed by atoms with Crippen molar-refractivity contribution >= 4 is 17.2 Å². The van der Waals surface area contributed by atoms with Gasteiger partial charge in [0.2, 0.25) is 0 Å². The van der Waals surface area contributed by atoms with E-state index in [0.717, 1.165) is 10.4 Å². The zero-order chi connectivity index (χ0) is 13.1. The highest BCUT2D eigenvalue weighted by molar-refractivity contribution is 7.11. The fourth-order valence-electron chi connectivity index (χ4n) is 1.60. The van der Waals surface area contributed by atoms with E-state index in [1.807, 2.05) is 19.1 Å². The number of hydrogen-bond acceptors (Lipinski definition) is 3. The second-order valence-corrected chi connectivity index (χ2v) is 5.57. The van der Waals surface area contributed by atoms with E-state index in [-0.39, 0.29) is 11.7 Å². The van der Waals surface area contributed by atoms with Crippen LogP contribution in [-0.2, 0) is 6.54 Å². The first-order valence-electron chi connectivity index (χ1n) is 5.69. The Balaban J connectivity index is 2.01. The lowest BCUT2D eigenvalue weighted by molar-refractivity contribution is 0.0951. The summed E-state index contributed by atoms with van der Waals surface area (Å²) in [6.45, 7) is 4.35. The molecule has 2 N–H and O–H groups in total. The van der Waals surface area contributed by atoms with E-state index in [1.54, 1.807) is 30.4 Å². The van der Waals surface area contributed by atoms with Crippen LogP contribution in [0.25, 0.3) is 0 Å². The third kappa shape index (κ3) is 2.90. The van der Waals surface area contributed by atoms with Crippen molar-refractivity contribution in [3.05, 3.63) is 51.2 Å². The van der Waals surface area contributed by atoms with Crippen molar-refractivity contribution in [2.75, 3.05) is 0 Å². The quantitative estimate of drug-likeness (QED) is 0.892. The zero-order valence-corrected chi connectivity index (χ0v) is 11.2. The molecule has 2 rings (SSSR count). The smallest absolute Gasteiger partial charge is 0.251 e. The number of thiophene rings is 1. The Morgan fingerprint density at radius 1 is 1.28 bits per heavy atom. The maximum atomic E-state index is 11.9. The molecule has 1 amide bonds. The van der Waals surface area contributed by atoms with Gasteiger partial charge >= 0.3 is 0 Å². The number of aromatic hydroxyl groups is 1. The first kappa shape index (κ1) is 12.6. The lowest BCUT2D eigenvalue weighted by Gasteiger charge is -2.05. The Morgan fingerprint density at radius 3 is 2.67 bits per heavy atom. The molecule has 0 spiro atoms. The molecule has 3 nitrogen and oxygen atoms in total. The Hall–Kier alpha value is -1.81. The molecule has 4 heteroatoms. The van der Waals surface area contributed by atoms with Crippen LogP contribution in [0.3, 0.4) is 0 Å². The summed E-state index contributed by atoms with van der Waals surface area (Å²) in [6, 6.07) is 8.98. The van der Waals surface area contributed by atoms with Gasteiger partial charge in [-0.15, -0.1) is 11.3 Å². The van der Waals surface area contributed by atoms with E-state index in [2.05, 4.69) is 5.32 Å². The molecule has 0 saturated heterocycles. The number of benzene rings is 1. The van der Waals surface area contributed by atoms with E-state index < -0.39 is 0 Å². The summed E-state index contributed by atoms with van der Waals surface area (Å²) in [5.74, 6) is -0.0222. The number of hydrogen-bond donors (Lipinski definition) is 2. The monoisotopic (exact) mass is 261 g/mol. The summed E-state index contributed by atoms with van der Waals surface area (Å²) >= 11 is 1.67. The Bertz CT molecular complexity index is 575. The number of aryl methyl sites for hydroxylation is 2. The van der Waals surface area contributed by atoms with Gasteiger partial charge in [-0.05, 0) is 43.7 Å². The fourth-order valence-corrected chi connectivity index (χ4v) is 2.43. The van der Waals surface area contributed by atoms with Crippen LogP contribution in [0, 0.1) is 13.8 Å². The van der Waals surface area contributed by atoms with Gasteiger partial charge in [0.1, 0.15) is 5.75 Å². The van der Waals surface area contributed by atoms with Crippen LogP contribution in [-0.4, -0.2) is 11.0 Å². The molecule has 0 bridgehead atoms. The van der Waals surface area contributed by atoms with Gasteiger partial charge in [-0.2, -0.15) is 0 Å². The molecule has 18 heavy (non-hydrogen) atoms. The third-order valence-corrected chi connectivity index (χ3v) is 3.69. The second kappa shape index (κ2) is 5.23. The van der Waals surface area contributed by atoms with Crippen molar-refractivity contribution in [3.8, 4) is 5.75 Å². The molecule has 2 aromatic rings. The molecule has 0 saturated carbocycles. The summed E-state index contributed by atoms with van der Waals surface area (Å²) in [7, 11) is 0. The number of phenols is 1. The van der Waals surface area contributed by atoms with E-state index in [4.69, 9.17) is 0 Å². The first-order valence-corrected chi connectivity index (χ1v) is 6.51. The summed E-state index contributed by atoms with van der Waals surface area (Å²) < 4.78 is 0. The molecule has 0 aliphatic rings. The van der Waals surface area contributed by atoms with E-state index in [9.17, 15) is 9.90 Å². The van der Waals surface area contributed by atoms with Crippen LogP contribution in [0.4, 0.5) is 0 Å². The van der Waals surface area contributed by atoms with Crippen molar-refractivity contribution in [3.63, 3.8) is 0 Å². The molecule has 1 heterocycles. The van der Waals surface area contributed by atoms with Crippen molar-refractivity contribution in [1.82, 2.24) is 5.32 Å². The summed E-state index contributed by atoms with van der Waals surface area (Å²) in [5.41, 5.74) is 1.24. The van der Waals surface area contributed by atoms with Gasteiger partial charge in [0.25, 0.3) is 5.91 Å². The summed E-state index contributed by atoms with van der Waals surface area (Å²) in [5, 5.41) is 12.4. The van der Waals surface area contributed by atoms with Crippen LogP contribution < -0.4 is 5.32 Å². The zero-order valence-electron chi connectivity index (χ0n) is 10.4. The molecule has 1 aromatic heterocycles. The average Bonchev–Trinajstić information content (AvgIpc) is 2.75. The van der Waals surface area contributed by atoms with Crippen LogP contribution in [0.5, 0.6) is 5.75 Å². The van der Waals surface area contributed by atoms with Crippen LogP contribution in [0.15, 0.2) is 30.3 Å². The van der Waals surface area contributed by atoms with E-state index >= 15 is 0 Å². The number of carbonyl (C=O) groups is 1. The maximum absolute atomic E-state index is 11.9. The molecule has 1 aromatic carbocycles. The number of rotatable bonds is 3. The highest BCUT2D eigenvalue weighted by atomic mass is 32.1. The van der Waals surface area contributed by atoms with Gasteiger partial charge in [-0.3, -0.25) is 4.79 Å². The number of nitrogens with one attached hydrogen (secondary N) is 1. The van der Waals surface area contributed by atoms with Gasteiger partial charge in [0.15, 0.2) is 0 Å². The number of carbonyl (C=O) groups excluding carboxylic acids is 1. The van der Waals surface area contributed by atoms with Crippen molar-refractivity contribution in [1.29, 1.82) is 0 Å². The highest BCUT2D eigenvalue weighted by Crippen LogP contribution is 2.18. The predicted molar refractivity (Wildman–Crippen MR) is 73.1 cm³/mol. The lowest BCUT2D eigenvalue weighted by Crippen LogP contribution is -2.22. The standard InChI is InChI=1S/C14H15NO2S/c1-9-3-5-11(7-13(9)16)14(17)15-8-12-6-4-10(2)18-12/h3-7,16H,8H2,1-2H3,(H,15,17). The van der Waals surface area contributed by atoms with Gasteiger partial charge in [-0.25, -0.2) is 0 Å². The summed E-state index contributed by atoms with van der Waals surface area (Å²) in [6.07, 6.45) is 0. The third-order valence-electron chi connectivity index (χ3n) is 2.69. The molecule has 0 aliphatic heterocycles. The molecule has 0 atom stereocenters. The molecule has 0 unspecified atom stereocenters. The Labute approximate surface area is 110 Å². The predicted octanol–water partition coefficient (Wildman–Crippen LogP) is 3.00. The van der Waals surface area contributed by atoms with Gasteiger partial charge in [-0.1, -0.05) is 6.07 Å². The van der Waals surface area contributed by atoms with Gasteiger partial charge in [0.05, 0.1) is 6.54 Å². The Morgan fingerprint density at radius 2 is 2.06 bits per heavy atom. The fraction of sp³-hybridized carbons (Fsp3) is 0.214. The van der Waals surface area contributed by atoms with Crippen molar-refractivity contribution in [2.45, 2.75) is 20.4 Å². The SMILES string of the molecule is Cc1ccc(CNC(=O)c2ccc(C)c(O)c2)s1. The van der Waals surface area contributed by atoms with Gasteiger partial charge < -0.3 is 10.4 Å². The normalized spacial score (nSPS) is 10.3. The molecule has 0 radical (unpaired) electrons. The minimum atomic E-state index is -0.170. The minimum Gasteiger partial charge on any atom is -0.508 e. The second-order valence-electron chi connectivity index (χ2n) is 4.20. The molecule has 0 fully saturated rings. The van der Waals surface area contributed by atoms with Crippen molar-refractivity contribution in [2.24, 2.45) is 0 Å². The molecular formula is C14H15NO2S. The maximum Gasteiger partial charge on any atom is 0.251 e. The number of amides is 1. The molecule has 0 aliphatic carbocycles. The van der Waals surface area contributed by atoms with Crippen LogP contribution in [0.2, 0.25) is 0 Å².